The van der Waals surface area contributed by atoms with Crippen LogP contribution in [0.1, 0.15) is 13.8 Å². The summed E-state index contributed by atoms with van der Waals surface area (Å²) in [5.74, 6) is 0. The Kier molecular flexibility index (Phi) is 5.01. The number of hydrogen-bond donors (Lipinski definition) is 0. The summed E-state index contributed by atoms with van der Waals surface area (Å²) in [4.78, 5) is 2.14. The van der Waals surface area contributed by atoms with Crippen LogP contribution >= 0.6 is 0 Å². The van der Waals surface area contributed by atoms with Gasteiger partial charge in [0.25, 0.3) is 0 Å². The van der Waals surface area contributed by atoms with Crippen LogP contribution in [0.15, 0.2) is 0 Å². The molecule has 0 unspecified atom stereocenters. The van der Waals surface area contributed by atoms with E-state index in [2.05, 4.69) is 4.90 Å². The van der Waals surface area contributed by atoms with Crippen LogP contribution < -0.4 is 0 Å². The molecule has 0 saturated carbocycles. The summed E-state index contributed by atoms with van der Waals surface area (Å²) >= 11 is 0. The minimum absolute atomic E-state index is 0.819. The molecule has 0 radical (unpaired) electrons. The number of hydrogen-bond acceptors (Lipinski definition) is 2. The lowest BCUT2D eigenvalue weighted by atomic mass is 10.7. The van der Waals surface area contributed by atoms with Crippen LogP contribution in [0.4, 0.5) is 0 Å². The van der Waals surface area contributed by atoms with Crippen molar-refractivity contribution in [3.8, 4) is 0 Å². The van der Waals surface area contributed by atoms with Crippen molar-refractivity contribution in [1.29, 1.82) is 0 Å². The van der Waals surface area contributed by atoms with E-state index in [1.807, 2.05) is 20.9 Å². The van der Waals surface area contributed by atoms with E-state index in [4.69, 9.17) is 4.74 Å². The fourth-order valence-corrected chi connectivity index (χ4v) is 0.505. The second kappa shape index (κ2) is 5.06. The lowest BCUT2D eigenvalue weighted by molar-refractivity contribution is 0.154. The van der Waals surface area contributed by atoms with Crippen molar-refractivity contribution in [2.45, 2.75) is 13.8 Å². The predicted molar refractivity (Wildman–Crippen MR) is 34.8 cm³/mol. The molecular formula is C6H15NO. The van der Waals surface area contributed by atoms with Gasteiger partial charge in [-0.2, -0.15) is 0 Å². The number of likely N-dealkylation sites (N-methyl/N-ethyl adjacent to an activating group) is 1. The third-order valence-corrected chi connectivity index (χ3v) is 0.929. The molecule has 1 aliphatic heterocycles. The first-order valence-corrected chi connectivity index (χ1v) is 3.16. The highest BCUT2D eigenvalue weighted by Gasteiger charge is 2.03. The van der Waals surface area contributed by atoms with Gasteiger partial charge < -0.3 is 4.74 Å². The molecule has 1 aliphatic rings. The standard InChI is InChI=1S/C4H9NO.C2H6/c1-5-2-3-6-4-5;1-2/h2-4H2,1H3;1-2H3. The van der Waals surface area contributed by atoms with Crippen molar-refractivity contribution >= 4 is 0 Å². The van der Waals surface area contributed by atoms with E-state index in [1.54, 1.807) is 0 Å². The molecule has 2 nitrogen and oxygen atoms in total. The van der Waals surface area contributed by atoms with Crippen molar-refractivity contribution < 1.29 is 4.74 Å². The summed E-state index contributed by atoms with van der Waals surface area (Å²) in [7, 11) is 2.05. The Bertz CT molecular complexity index is 41.8. The summed E-state index contributed by atoms with van der Waals surface area (Å²) < 4.78 is 4.98. The van der Waals surface area contributed by atoms with Gasteiger partial charge in [0.15, 0.2) is 0 Å². The van der Waals surface area contributed by atoms with Crippen molar-refractivity contribution in [1.82, 2.24) is 4.90 Å². The Morgan fingerprint density at radius 2 is 2.00 bits per heavy atom. The smallest absolute Gasteiger partial charge is 0.0989 e. The second-order valence-electron chi connectivity index (χ2n) is 1.62. The molecule has 1 fully saturated rings. The molecule has 0 aromatic rings. The zero-order chi connectivity index (χ0) is 6.41. The summed E-state index contributed by atoms with van der Waals surface area (Å²) in [5.41, 5.74) is 0. The highest BCUT2D eigenvalue weighted by atomic mass is 16.5. The molecule has 1 saturated heterocycles. The minimum Gasteiger partial charge on any atom is -0.365 e. The fraction of sp³-hybridized carbons (Fsp3) is 1.00. The molecule has 0 spiro atoms. The van der Waals surface area contributed by atoms with Gasteiger partial charge in [-0.05, 0) is 7.05 Å². The number of ether oxygens (including phenoxy) is 1. The van der Waals surface area contributed by atoms with E-state index < -0.39 is 0 Å². The molecule has 0 aliphatic carbocycles. The summed E-state index contributed by atoms with van der Waals surface area (Å²) in [6.45, 7) is 6.83. The van der Waals surface area contributed by atoms with Crippen LogP contribution in [0.3, 0.4) is 0 Å². The number of rotatable bonds is 0. The van der Waals surface area contributed by atoms with Gasteiger partial charge in [0.2, 0.25) is 0 Å². The highest BCUT2D eigenvalue weighted by Crippen LogP contribution is 1.91. The quantitative estimate of drug-likeness (QED) is 0.468. The van der Waals surface area contributed by atoms with Gasteiger partial charge in [-0.25, -0.2) is 0 Å². The van der Waals surface area contributed by atoms with Crippen LogP contribution in [-0.2, 0) is 4.74 Å². The second-order valence-corrected chi connectivity index (χ2v) is 1.62. The lowest BCUT2D eigenvalue weighted by Crippen LogP contribution is -2.11. The first-order chi connectivity index (χ1) is 3.89. The van der Waals surface area contributed by atoms with Crippen molar-refractivity contribution in [2.24, 2.45) is 0 Å². The Hall–Kier alpha value is -0.0800. The number of nitrogens with zero attached hydrogens (tertiary/aromatic N) is 1. The molecule has 0 N–H and O–H groups in total. The molecule has 0 aromatic heterocycles. The first kappa shape index (κ1) is 7.92. The summed E-state index contributed by atoms with van der Waals surface area (Å²) in [6, 6.07) is 0. The van der Waals surface area contributed by atoms with Gasteiger partial charge in [-0.15, -0.1) is 0 Å². The largest absolute Gasteiger partial charge is 0.365 e. The molecule has 1 rings (SSSR count). The molecule has 0 aromatic carbocycles. The van der Waals surface area contributed by atoms with Crippen LogP contribution in [0.5, 0.6) is 0 Å². The van der Waals surface area contributed by atoms with Gasteiger partial charge in [-0.1, -0.05) is 13.8 Å². The SMILES string of the molecule is CC.CN1CCOC1. The third-order valence-electron chi connectivity index (χ3n) is 0.929. The fourth-order valence-electron chi connectivity index (χ4n) is 0.505. The monoisotopic (exact) mass is 117 g/mol. The van der Waals surface area contributed by atoms with E-state index in [-0.39, 0.29) is 0 Å². The maximum absolute atomic E-state index is 4.98. The Labute approximate surface area is 51.4 Å². The zero-order valence-corrected chi connectivity index (χ0v) is 5.98. The highest BCUT2D eigenvalue weighted by molar-refractivity contribution is 4.48. The van der Waals surface area contributed by atoms with E-state index in [0.717, 1.165) is 19.9 Å². The molecule has 0 bridgehead atoms. The van der Waals surface area contributed by atoms with Crippen LogP contribution in [-0.4, -0.2) is 31.8 Å². The van der Waals surface area contributed by atoms with E-state index in [0.29, 0.717) is 0 Å². The zero-order valence-electron chi connectivity index (χ0n) is 5.98. The van der Waals surface area contributed by atoms with E-state index in [1.165, 1.54) is 0 Å². The van der Waals surface area contributed by atoms with Gasteiger partial charge in [-0.3, -0.25) is 4.90 Å². The normalized spacial score (nSPS) is 19.9. The van der Waals surface area contributed by atoms with Crippen LogP contribution in [0.2, 0.25) is 0 Å². The Morgan fingerprint density at radius 1 is 1.38 bits per heavy atom. The molecule has 2 heteroatoms. The maximum atomic E-state index is 4.98. The van der Waals surface area contributed by atoms with E-state index >= 15 is 0 Å². The van der Waals surface area contributed by atoms with Crippen LogP contribution in [0, 0.1) is 0 Å². The Morgan fingerprint density at radius 3 is 2.12 bits per heavy atom. The Balaban J connectivity index is 0.000000222. The topological polar surface area (TPSA) is 12.5 Å². The first-order valence-electron chi connectivity index (χ1n) is 3.16. The third kappa shape index (κ3) is 2.99. The van der Waals surface area contributed by atoms with Gasteiger partial charge in [0, 0.05) is 6.54 Å². The molecule has 50 valence electrons. The van der Waals surface area contributed by atoms with Crippen molar-refractivity contribution in [3.63, 3.8) is 0 Å². The lowest BCUT2D eigenvalue weighted by Gasteiger charge is -1.98. The molecule has 8 heavy (non-hydrogen) atoms. The van der Waals surface area contributed by atoms with Gasteiger partial charge in [0.05, 0.1) is 13.3 Å². The average Bonchev–Trinajstić information content (AvgIpc) is 2.24. The van der Waals surface area contributed by atoms with Gasteiger partial charge >= 0.3 is 0 Å². The van der Waals surface area contributed by atoms with Crippen LogP contribution in [0.25, 0.3) is 0 Å². The molecule has 1 heterocycles. The van der Waals surface area contributed by atoms with Gasteiger partial charge in [0.1, 0.15) is 0 Å². The summed E-state index contributed by atoms with van der Waals surface area (Å²) in [5, 5.41) is 0. The van der Waals surface area contributed by atoms with Crippen molar-refractivity contribution in [3.05, 3.63) is 0 Å². The average molecular weight is 117 g/mol. The molecular weight excluding hydrogens is 102 g/mol. The minimum atomic E-state index is 0.819. The predicted octanol–water partition coefficient (Wildman–Crippen LogP) is 0.932. The summed E-state index contributed by atoms with van der Waals surface area (Å²) in [6.07, 6.45) is 0. The maximum Gasteiger partial charge on any atom is 0.0989 e. The molecule has 0 atom stereocenters. The van der Waals surface area contributed by atoms with E-state index in [9.17, 15) is 0 Å². The molecule has 0 amide bonds. The van der Waals surface area contributed by atoms with Crippen molar-refractivity contribution in [2.75, 3.05) is 26.9 Å².